The van der Waals surface area contributed by atoms with E-state index in [1.165, 1.54) is 0 Å². The Morgan fingerprint density at radius 1 is 1.22 bits per heavy atom. The highest BCUT2D eigenvalue weighted by molar-refractivity contribution is 6.07. The van der Waals surface area contributed by atoms with Crippen molar-refractivity contribution >= 4 is 17.8 Å². The van der Waals surface area contributed by atoms with Crippen molar-refractivity contribution in [2.24, 2.45) is 11.8 Å². The lowest BCUT2D eigenvalue weighted by molar-refractivity contribution is -0.126. The smallest absolute Gasteiger partial charge is 0.322 e. The van der Waals surface area contributed by atoms with Gasteiger partial charge < -0.3 is 10.2 Å². The molecule has 7 heteroatoms. The molecule has 148 valence electrons. The number of carbonyl (C=O) groups excluding carboxylic acids is 2. The maximum absolute atomic E-state index is 12.7. The number of imide groups is 1. The van der Waals surface area contributed by atoms with Crippen LogP contribution >= 0.6 is 0 Å². The molecular formula is C20H31N5O2. The average molecular weight is 374 g/mol. The number of urea groups is 1. The van der Waals surface area contributed by atoms with Crippen molar-refractivity contribution in [3.63, 3.8) is 0 Å². The highest BCUT2D eigenvalue weighted by Gasteiger charge is 2.51. The maximum atomic E-state index is 12.7. The van der Waals surface area contributed by atoms with Crippen LogP contribution in [0.4, 0.5) is 10.6 Å². The molecule has 3 amide bonds. The standard InChI is InChI=1S/C20H31N5O2/c1-13(2)5-8-20(18(26)23-19(27)24-20)15-6-9-25(10-7-15)17-16(14(3)4)11-21-12-22-17/h11-15H,5-10H2,1-4H3,(H2,23,24,26,27). The Morgan fingerprint density at radius 2 is 1.93 bits per heavy atom. The Bertz CT molecular complexity index is 697. The van der Waals surface area contributed by atoms with Gasteiger partial charge in [0.15, 0.2) is 0 Å². The van der Waals surface area contributed by atoms with E-state index >= 15 is 0 Å². The van der Waals surface area contributed by atoms with Crippen LogP contribution < -0.4 is 15.5 Å². The molecule has 7 nitrogen and oxygen atoms in total. The first-order valence-corrected chi connectivity index (χ1v) is 10.0. The van der Waals surface area contributed by atoms with Gasteiger partial charge in [0.05, 0.1) is 0 Å². The van der Waals surface area contributed by atoms with E-state index in [2.05, 4.69) is 53.2 Å². The quantitative estimate of drug-likeness (QED) is 0.749. The third-order valence-corrected chi connectivity index (χ3v) is 5.92. The van der Waals surface area contributed by atoms with Gasteiger partial charge in [-0.2, -0.15) is 0 Å². The number of anilines is 1. The van der Waals surface area contributed by atoms with Gasteiger partial charge in [-0.05, 0) is 43.4 Å². The molecule has 3 heterocycles. The summed E-state index contributed by atoms with van der Waals surface area (Å²) < 4.78 is 0. The summed E-state index contributed by atoms with van der Waals surface area (Å²) in [5.41, 5.74) is 0.386. The van der Waals surface area contributed by atoms with Crippen LogP contribution in [0.25, 0.3) is 0 Å². The van der Waals surface area contributed by atoms with Crippen LogP contribution in [-0.4, -0.2) is 40.5 Å². The zero-order valence-corrected chi connectivity index (χ0v) is 16.8. The summed E-state index contributed by atoms with van der Waals surface area (Å²) in [4.78, 5) is 35.6. The zero-order valence-electron chi connectivity index (χ0n) is 16.8. The van der Waals surface area contributed by atoms with Gasteiger partial charge in [0, 0.05) is 24.8 Å². The Kier molecular flexibility index (Phi) is 5.67. The molecule has 2 aliphatic rings. The largest absolute Gasteiger partial charge is 0.356 e. The maximum Gasteiger partial charge on any atom is 0.322 e. The number of amides is 3. The Balaban J connectivity index is 1.75. The first kappa shape index (κ1) is 19.6. The Morgan fingerprint density at radius 3 is 2.48 bits per heavy atom. The number of hydrogen-bond donors (Lipinski definition) is 2. The summed E-state index contributed by atoms with van der Waals surface area (Å²) in [5, 5.41) is 5.46. The lowest BCUT2D eigenvalue weighted by Gasteiger charge is -2.41. The summed E-state index contributed by atoms with van der Waals surface area (Å²) in [5.74, 6) is 1.83. The predicted octanol–water partition coefficient (Wildman–Crippen LogP) is 2.83. The molecule has 2 saturated heterocycles. The van der Waals surface area contributed by atoms with Gasteiger partial charge in [0.2, 0.25) is 0 Å². The Hall–Kier alpha value is -2.18. The molecule has 0 aromatic carbocycles. The van der Waals surface area contributed by atoms with E-state index in [1.54, 1.807) is 6.33 Å². The second-order valence-corrected chi connectivity index (χ2v) is 8.53. The highest BCUT2D eigenvalue weighted by atomic mass is 16.2. The molecule has 2 fully saturated rings. The van der Waals surface area contributed by atoms with Crippen molar-refractivity contribution in [3.8, 4) is 0 Å². The minimum atomic E-state index is -0.764. The molecule has 3 rings (SSSR count). The van der Waals surface area contributed by atoms with Crippen molar-refractivity contribution < 1.29 is 9.59 Å². The fourth-order valence-electron chi connectivity index (χ4n) is 4.28. The normalized spacial score (nSPS) is 23.9. The molecule has 1 unspecified atom stereocenters. The lowest BCUT2D eigenvalue weighted by Crippen LogP contribution is -2.56. The minimum Gasteiger partial charge on any atom is -0.356 e. The van der Waals surface area contributed by atoms with Gasteiger partial charge in [-0.25, -0.2) is 14.8 Å². The van der Waals surface area contributed by atoms with E-state index in [0.717, 1.165) is 43.7 Å². The monoisotopic (exact) mass is 373 g/mol. The number of nitrogens with one attached hydrogen (secondary N) is 2. The van der Waals surface area contributed by atoms with Gasteiger partial charge in [0.25, 0.3) is 5.91 Å². The number of nitrogens with zero attached hydrogens (tertiary/aromatic N) is 3. The van der Waals surface area contributed by atoms with Gasteiger partial charge >= 0.3 is 6.03 Å². The van der Waals surface area contributed by atoms with Crippen molar-refractivity contribution in [3.05, 3.63) is 18.1 Å². The summed E-state index contributed by atoms with van der Waals surface area (Å²) in [7, 11) is 0. The second-order valence-electron chi connectivity index (χ2n) is 8.53. The van der Waals surface area contributed by atoms with Gasteiger partial charge in [0.1, 0.15) is 17.7 Å². The molecule has 1 aromatic rings. The summed E-state index contributed by atoms with van der Waals surface area (Å²) in [6, 6.07) is -0.357. The molecule has 1 aromatic heterocycles. The van der Waals surface area contributed by atoms with Crippen LogP contribution in [0.5, 0.6) is 0 Å². The van der Waals surface area contributed by atoms with Gasteiger partial charge in [-0.3, -0.25) is 10.1 Å². The van der Waals surface area contributed by atoms with Crippen molar-refractivity contribution in [2.75, 3.05) is 18.0 Å². The molecule has 1 atom stereocenters. The second kappa shape index (κ2) is 7.82. The van der Waals surface area contributed by atoms with Crippen LogP contribution in [0.1, 0.15) is 64.9 Å². The summed E-state index contributed by atoms with van der Waals surface area (Å²) >= 11 is 0. The van der Waals surface area contributed by atoms with Crippen molar-refractivity contribution in [2.45, 2.75) is 64.8 Å². The average Bonchev–Trinajstić information content (AvgIpc) is 2.94. The number of hydrogen-bond acceptors (Lipinski definition) is 5. The Labute approximate surface area is 161 Å². The third-order valence-electron chi connectivity index (χ3n) is 5.92. The van der Waals surface area contributed by atoms with E-state index in [-0.39, 0.29) is 17.9 Å². The van der Waals surface area contributed by atoms with Crippen molar-refractivity contribution in [1.29, 1.82) is 0 Å². The summed E-state index contributed by atoms with van der Waals surface area (Å²) in [6.45, 7) is 10.2. The summed E-state index contributed by atoms with van der Waals surface area (Å²) in [6.07, 6.45) is 6.81. The predicted molar refractivity (Wildman–Crippen MR) is 105 cm³/mol. The van der Waals surface area contributed by atoms with Crippen LogP contribution in [-0.2, 0) is 4.79 Å². The highest BCUT2D eigenvalue weighted by Crippen LogP contribution is 2.37. The molecule has 0 radical (unpaired) electrons. The van der Waals surface area contributed by atoms with Crippen LogP contribution in [0.3, 0.4) is 0 Å². The number of piperidine rings is 1. The van der Waals surface area contributed by atoms with Gasteiger partial charge in [-0.15, -0.1) is 0 Å². The zero-order chi connectivity index (χ0) is 19.6. The van der Waals surface area contributed by atoms with E-state index in [9.17, 15) is 9.59 Å². The number of aromatic nitrogens is 2. The van der Waals surface area contributed by atoms with E-state index in [1.807, 2.05) is 6.20 Å². The van der Waals surface area contributed by atoms with Crippen LogP contribution in [0, 0.1) is 11.8 Å². The van der Waals surface area contributed by atoms with Crippen LogP contribution in [0.2, 0.25) is 0 Å². The molecule has 0 spiro atoms. The topological polar surface area (TPSA) is 87.2 Å². The molecule has 0 bridgehead atoms. The van der Waals surface area contributed by atoms with Gasteiger partial charge in [-0.1, -0.05) is 27.7 Å². The minimum absolute atomic E-state index is 0.142. The molecule has 27 heavy (non-hydrogen) atoms. The van der Waals surface area contributed by atoms with Crippen LogP contribution in [0.15, 0.2) is 12.5 Å². The molecule has 2 N–H and O–H groups in total. The molecule has 0 aliphatic carbocycles. The van der Waals surface area contributed by atoms with E-state index in [4.69, 9.17) is 0 Å². The first-order chi connectivity index (χ1) is 12.8. The molecule has 2 aliphatic heterocycles. The number of rotatable bonds is 6. The lowest BCUT2D eigenvalue weighted by atomic mass is 9.74. The first-order valence-electron chi connectivity index (χ1n) is 10.0. The van der Waals surface area contributed by atoms with E-state index < -0.39 is 5.54 Å². The SMILES string of the molecule is CC(C)CCC1(C2CCN(c3ncncc3C(C)C)CC2)NC(=O)NC1=O. The third kappa shape index (κ3) is 3.92. The fraction of sp³-hybridized carbons (Fsp3) is 0.700. The van der Waals surface area contributed by atoms with E-state index in [0.29, 0.717) is 18.3 Å². The molecule has 0 saturated carbocycles. The molecular weight excluding hydrogens is 342 g/mol. The number of carbonyl (C=O) groups is 2. The van der Waals surface area contributed by atoms with Crippen molar-refractivity contribution in [1.82, 2.24) is 20.6 Å². The fourth-order valence-corrected chi connectivity index (χ4v) is 4.28.